The molecule has 2 aromatic rings. The zero-order chi connectivity index (χ0) is 15.1. The van der Waals surface area contributed by atoms with Crippen LogP contribution in [-0.2, 0) is 5.67 Å². The number of carboxylic acids is 1. The highest BCUT2D eigenvalue weighted by molar-refractivity contribution is 6.39. The van der Waals surface area contributed by atoms with E-state index in [1.165, 1.54) is 26.2 Å². The van der Waals surface area contributed by atoms with E-state index < -0.39 is 23.0 Å². The summed E-state index contributed by atoms with van der Waals surface area (Å²) in [6.07, 6.45) is 2.56. The number of aromatic nitrogens is 2. The molecule has 106 valence electrons. The van der Waals surface area contributed by atoms with Gasteiger partial charge < -0.3 is 9.63 Å². The maximum Gasteiger partial charge on any atom is 0.341 e. The fourth-order valence-electron chi connectivity index (χ4n) is 1.70. The van der Waals surface area contributed by atoms with Crippen LogP contribution in [0.25, 0.3) is 11.3 Å². The molecule has 5 nitrogen and oxygen atoms in total. The predicted molar refractivity (Wildman–Crippen MR) is 70.8 cm³/mol. The molecule has 0 fully saturated rings. The molecule has 0 saturated carbocycles. The van der Waals surface area contributed by atoms with Gasteiger partial charge in [0.2, 0.25) is 0 Å². The number of carbonyl (C=O) groups is 1. The summed E-state index contributed by atoms with van der Waals surface area (Å²) in [6.45, 7) is 2.33. The molecule has 0 saturated heterocycles. The number of hydrogen-bond donors (Lipinski definition) is 1. The topological polar surface area (TPSA) is 76.2 Å². The van der Waals surface area contributed by atoms with Crippen molar-refractivity contribution in [3.63, 3.8) is 0 Å². The second-order valence-electron chi connectivity index (χ2n) is 4.49. The molecule has 2 aromatic heterocycles. The summed E-state index contributed by atoms with van der Waals surface area (Å²) in [5.74, 6) is -1.78. The third-order valence-corrected chi connectivity index (χ3v) is 3.11. The molecule has 20 heavy (non-hydrogen) atoms. The highest BCUT2D eigenvalue weighted by Crippen LogP contribution is 2.39. The van der Waals surface area contributed by atoms with Crippen LogP contribution in [0.4, 0.5) is 4.39 Å². The largest absolute Gasteiger partial charge is 0.477 e. The first-order chi connectivity index (χ1) is 9.23. The van der Waals surface area contributed by atoms with Gasteiger partial charge in [-0.3, -0.25) is 4.98 Å². The zero-order valence-corrected chi connectivity index (χ0v) is 12.0. The van der Waals surface area contributed by atoms with Crippen molar-refractivity contribution >= 4 is 29.2 Å². The average Bonchev–Trinajstić information content (AvgIpc) is 2.73. The smallest absolute Gasteiger partial charge is 0.341 e. The molecular weight excluding hydrogens is 310 g/mol. The monoisotopic (exact) mass is 318 g/mol. The maximum absolute atomic E-state index is 14.0. The molecule has 0 unspecified atom stereocenters. The lowest BCUT2D eigenvalue weighted by atomic mass is 9.99. The maximum atomic E-state index is 14.0. The molecule has 8 heteroatoms. The van der Waals surface area contributed by atoms with Crippen LogP contribution in [0, 0.1) is 0 Å². The van der Waals surface area contributed by atoms with Gasteiger partial charge in [0.15, 0.2) is 11.4 Å². The Balaban J connectivity index is 2.77. The molecular formula is C12H9Cl2FN2O3. The Hall–Kier alpha value is -1.66. The van der Waals surface area contributed by atoms with Gasteiger partial charge in [-0.25, -0.2) is 9.18 Å². The molecule has 0 aliphatic carbocycles. The summed E-state index contributed by atoms with van der Waals surface area (Å²) in [5.41, 5.74) is -2.41. The number of alkyl halides is 1. The minimum atomic E-state index is -2.01. The summed E-state index contributed by atoms with van der Waals surface area (Å²) in [4.78, 5) is 15.1. The number of nitrogens with zero attached hydrogens (tertiary/aromatic N) is 2. The van der Waals surface area contributed by atoms with Crippen LogP contribution in [0.2, 0.25) is 10.0 Å². The normalized spacial score (nSPS) is 11.7. The standard InChI is InChI=1S/C12H9Cl2FN2O3/c1-12(2,15)10-8(11(18)19)9(17-20-10)7-5(13)3-16-4-6(7)14/h3-4H,1-2H3,(H,18,19). The Morgan fingerprint density at radius 1 is 1.35 bits per heavy atom. The second kappa shape index (κ2) is 5.03. The first-order valence-electron chi connectivity index (χ1n) is 5.45. The second-order valence-corrected chi connectivity index (χ2v) is 5.31. The van der Waals surface area contributed by atoms with Crippen LogP contribution >= 0.6 is 23.2 Å². The minimum absolute atomic E-state index is 0.0940. The van der Waals surface area contributed by atoms with Gasteiger partial charge in [-0.15, -0.1) is 0 Å². The van der Waals surface area contributed by atoms with Crippen molar-refractivity contribution in [1.29, 1.82) is 0 Å². The molecule has 0 aliphatic heterocycles. The predicted octanol–water partition coefficient (Wildman–Crippen LogP) is 3.95. The van der Waals surface area contributed by atoms with Gasteiger partial charge in [0.25, 0.3) is 0 Å². The Bertz CT molecular complexity index is 660. The molecule has 2 rings (SSSR count). The number of carboxylic acid groups (broad SMARTS) is 1. The number of halogens is 3. The Morgan fingerprint density at radius 3 is 2.35 bits per heavy atom. The van der Waals surface area contributed by atoms with Crippen LogP contribution in [0.5, 0.6) is 0 Å². The van der Waals surface area contributed by atoms with Gasteiger partial charge in [0.05, 0.1) is 10.0 Å². The molecule has 0 amide bonds. The number of aromatic carboxylic acids is 1. The molecule has 0 aromatic carbocycles. The lowest BCUT2D eigenvalue weighted by molar-refractivity contribution is 0.0683. The van der Waals surface area contributed by atoms with Gasteiger partial charge in [-0.2, -0.15) is 0 Å². The Kier molecular flexibility index (Phi) is 3.71. The first-order valence-corrected chi connectivity index (χ1v) is 6.20. The van der Waals surface area contributed by atoms with E-state index >= 15 is 0 Å². The van der Waals surface area contributed by atoms with Crippen molar-refractivity contribution in [3.8, 4) is 11.3 Å². The molecule has 2 heterocycles. The number of pyridine rings is 1. The van der Waals surface area contributed by atoms with Crippen LogP contribution < -0.4 is 0 Å². The summed E-state index contributed by atoms with van der Waals surface area (Å²) < 4.78 is 18.8. The van der Waals surface area contributed by atoms with E-state index in [9.17, 15) is 14.3 Å². The minimum Gasteiger partial charge on any atom is -0.477 e. The third-order valence-electron chi connectivity index (χ3n) is 2.54. The lowest BCUT2D eigenvalue weighted by Crippen LogP contribution is -2.13. The van der Waals surface area contributed by atoms with E-state index in [2.05, 4.69) is 10.1 Å². The van der Waals surface area contributed by atoms with Crippen molar-refractivity contribution < 1.29 is 18.8 Å². The summed E-state index contributed by atoms with van der Waals surface area (Å²) in [5, 5.41) is 13.1. The van der Waals surface area contributed by atoms with Crippen molar-refractivity contribution in [2.45, 2.75) is 19.5 Å². The van der Waals surface area contributed by atoms with Crippen LogP contribution in [0.1, 0.15) is 30.0 Å². The van der Waals surface area contributed by atoms with Gasteiger partial charge in [-0.05, 0) is 13.8 Å². The number of hydrogen-bond acceptors (Lipinski definition) is 4. The molecule has 0 atom stereocenters. The third kappa shape index (κ3) is 2.48. The van der Waals surface area contributed by atoms with Crippen molar-refractivity contribution in [3.05, 3.63) is 33.8 Å². The molecule has 0 radical (unpaired) electrons. The van der Waals surface area contributed by atoms with Crippen LogP contribution in [-0.4, -0.2) is 21.2 Å². The van der Waals surface area contributed by atoms with Gasteiger partial charge in [-0.1, -0.05) is 28.4 Å². The molecule has 1 N–H and O–H groups in total. The quantitative estimate of drug-likeness (QED) is 0.927. The Morgan fingerprint density at radius 2 is 1.90 bits per heavy atom. The lowest BCUT2D eigenvalue weighted by Gasteiger charge is -2.10. The van der Waals surface area contributed by atoms with E-state index in [1.54, 1.807) is 0 Å². The average molecular weight is 319 g/mol. The van der Waals surface area contributed by atoms with Gasteiger partial charge >= 0.3 is 5.97 Å². The SMILES string of the molecule is CC(C)(F)c1onc(-c2c(Cl)cncc2Cl)c1C(=O)O. The van der Waals surface area contributed by atoms with Crippen molar-refractivity contribution in [2.24, 2.45) is 0 Å². The summed E-state index contributed by atoms with van der Waals surface area (Å²) in [6, 6.07) is 0. The summed E-state index contributed by atoms with van der Waals surface area (Å²) in [7, 11) is 0. The fraction of sp³-hybridized carbons (Fsp3) is 0.250. The van der Waals surface area contributed by atoms with E-state index in [0.717, 1.165) is 0 Å². The first kappa shape index (κ1) is 14.7. The van der Waals surface area contributed by atoms with Gasteiger partial charge in [0, 0.05) is 18.0 Å². The van der Waals surface area contributed by atoms with Crippen LogP contribution in [0.3, 0.4) is 0 Å². The Labute approximate surface area is 123 Å². The highest BCUT2D eigenvalue weighted by atomic mass is 35.5. The van der Waals surface area contributed by atoms with E-state index in [0.29, 0.717) is 0 Å². The van der Waals surface area contributed by atoms with Gasteiger partial charge in [0.1, 0.15) is 11.3 Å². The van der Waals surface area contributed by atoms with E-state index in [4.69, 9.17) is 27.7 Å². The molecule has 0 bridgehead atoms. The van der Waals surface area contributed by atoms with Crippen molar-refractivity contribution in [2.75, 3.05) is 0 Å². The fourth-order valence-corrected chi connectivity index (χ4v) is 2.25. The van der Waals surface area contributed by atoms with E-state index in [-0.39, 0.29) is 21.3 Å². The number of rotatable bonds is 3. The highest BCUT2D eigenvalue weighted by Gasteiger charge is 2.35. The van der Waals surface area contributed by atoms with Crippen molar-refractivity contribution in [1.82, 2.24) is 10.1 Å². The zero-order valence-electron chi connectivity index (χ0n) is 10.4. The van der Waals surface area contributed by atoms with Crippen LogP contribution in [0.15, 0.2) is 16.9 Å². The summed E-state index contributed by atoms with van der Waals surface area (Å²) >= 11 is 11.9. The van der Waals surface area contributed by atoms with E-state index in [1.807, 2.05) is 0 Å². The molecule has 0 spiro atoms. The molecule has 0 aliphatic rings.